The predicted octanol–water partition coefficient (Wildman–Crippen LogP) is 5.74. The predicted molar refractivity (Wildman–Crippen MR) is 90.7 cm³/mol. The lowest BCUT2D eigenvalue weighted by Gasteiger charge is -2.04. The molecule has 2 nitrogen and oxygen atoms in total. The first-order chi connectivity index (χ1) is 10.9. The number of hydrogen-bond acceptors (Lipinski definition) is 3. The van der Waals surface area contributed by atoms with E-state index in [1.54, 1.807) is 6.26 Å². The smallest absolute Gasteiger partial charge is 0.137 e. The van der Waals surface area contributed by atoms with Crippen molar-refractivity contribution in [2.24, 2.45) is 0 Å². The maximum Gasteiger partial charge on any atom is 0.137 e. The summed E-state index contributed by atoms with van der Waals surface area (Å²) in [6, 6.07) is 24.5. The topological polar surface area (TPSA) is 26.0 Å². The summed E-state index contributed by atoms with van der Waals surface area (Å²) in [7, 11) is 0. The maximum atomic E-state index is 5.67. The van der Waals surface area contributed by atoms with Crippen LogP contribution in [0.3, 0.4) is 0 Å². The van der Waals surface area contributed by atoms with Gasteiger partial charge in [0.2, 0.25) is 0 Å². The van der Waals surface area contributed by atoms with Gasteiger partial charge >= 0.3 is 0 Å². The second kappa shape index (κ2) is 5.62. The third kappa shape index (κ3) is 2.26. The molecule has 0 atom stereocenters. The fourth-order valence-electron chi connectivity index (χ4n) is 2.52. The van der Waals surface area contributed by atoms with E-state index in [2.05, 4.69) is 24.3 Å². The molecule has 0 aliphatic heterocycles. The van der Waals surface area contributed by atoms with Gasteiger partial charge in [0.25, 0.3) is 0 Å². The van der Waals surface area contributed by atoms with Crippen LogP contribution in [0.5, 0.6) is 0 Å². The average Bonchev–Trinajstić information content (AvgIpc) is 3.25. The number of rotatable bonds is 3. The van der Waals surface area contributed by atoms with E-state index in [4.69, 9.17) is 8.79 Å². The molecule has 0 radical (unpaired) electrons. The molecule has 0 bridgehead atoms. The maximum absolute atomic E-state index is 5.67. The van der Waals surface area contributed by atoms with Gasteiger partial charge in [0.05, 0.1) is 22.4 Å². The third-order valence-corrected chi connectivity index (χ3v) is 4.44. The van der Waals surface area contributed by atoms with Gasteiger partial charge in [0.15, 0.2) is 0 Å². The molecule has 0 N–H and O–H groups in total. The summed E-state index contributed by atoms with van der Waals surface area (Å²) in [5.41, 5.74) is 4.30. The van der Waals surface area contributed by atoms with Gasteiger partial charge in [0.1, 0.15) is 5.76 Å². The Hall–Kier alpha value is -2.65. The minimum atomic E-state index is 0.853. The number of benzene rings is 2. The molecular formula is C19H13NOS. The van der Waals surface area contributed by atoms with Crippen LogP contribution in [0, 0.1) is 0 Å². The van der Waals surface area contributed by atoms with E-state index in [1.165, 1.54) is 11.5 Å². The number of nitrogens with zero attached hydrogens (tertiary/aromatic N) is 1. The van der Waals surface area contributed by atoms with Crippen LogP contribution in [0.1, 0.15) is 0 Å². The number of furan rings is 1. The highest BCUT2D eigenvalue weighted by molar-refractivity contribution is 7.10. The van der Waals surface area contributed by atoms with Crippen molar-refractivity contribution < 1.29 is 4.42 Å². The highest BCUT2D eigenvalue weighted by Gasteiger charge is 2.20. The molecule has 0 fully saturated rings. The van der Waals surface area contributed by atoms with Crippen LogP contribution >= 0.6 is 11.5 Å². The minimum Gasteiger partial charge on any atom is -0.464 e. The lowest BCUT2D eigenvalue weighted by Crippen LogP contribution is -1.83. The van der Waals surface area contributed by atoms with Crippen molar-refractivity contribution >= 4 is 11.5 Å². The lowest BCUT2D eigenvalue weighted by molar-refractivity contribution is 0.583. The Labute approximate surface area is 132 Å². The fourth-order valence-corrected chi connectivity index (χ4v) is 3.43. The van der Waals surface area contributed by atoms with Gasteiger partial charge in [0, 0.05) is 5.56 Å². The molecule has 4 aromatic rings. The molecule has 3 heteroatoms. The van der Waals surface area contributed by atoms with Crippen molar-refractivity contribution in [2.75, 3.05) is 0 Å². The van der Waals surface area contributed by atoms with Crippen molar-refractivity contribution in [3.63, 3.8) is 0 Å². The Balaban J connectivity index is 1.96. The summed E-state index contributed by atoms with van der Waals surface area (Å²) in [6.45, 7) is 0. The summed E-state index contributed by atoms with van der Waals surface area (Å²) in [4.78, 5) is 1.13. The number of hydrogen-bond donors (Lipinski definition) is 0. The van der Waals surface area contributed by atoms with E-state index in [0.29, 0.717) is 0 Å². The van der Waals surface area contributed by atoms with Gasteiger partial charge in [-0.2, -0.15) is 4.37 Å². The SMILES string of the molecule is c1ccc(-c2nsc(-c3ccccc3)c2-c2ccco2)cc1. The molecule has 0 aliphatic carbocycles. The molecule has 0 saturated heterocycles. The van der Waals surface area contributed by atoms with E-state index in [-0.39, 0.29) is 0 Å². The first kappa shape index (κ1) is 13.0. The molecule has 0 unspecified atom stereocenters. The van der Waals surface area contributed by atoms with Crippen molar-refractivity contribution in [3.05, 3.63) is 79.1 Å². The van der Waals surface area contributed by atoms with Crippen LogP contribution in [0.25, 0.3) is 33.0 Å². The largest absolute Gasteiger partial charge is 0.464 e. The van der Waals surface area contributed by atoms with Crippen molar-refractivity contribution in [3.8, 4) is 33.0 Å². The van der Waals surface area contributed by atoms with E-state index in [9.17, 15) is 0 Å². The average molecular weight is 303 g/mol. The molecule has 2 aromatic carbocycles. The zero-order chi connectivity index (χ0) is 14.8. The molecule has 0 aliphatic rings. The molecule has 0 saturated carbocycles. The van der Waals surface area contributed by atoms with Crippen molar-refractivity contribution in [1.29, 1.82) is 0 Å². The normalized spacial score (nSPS) is 10.7. The minimum absolute atomic E-state index is 0.853. The highest BCUT2D eigenvalue weighted by atomic mass is 32.1. The summed E-state index contributed by atoms with van der Waals surface area (Å²) in [6.07, 6.45) is 1.70. The Morgan fingerprint density at radius 3 is 2.05 bits per heavy atom. The fraction of sp³-hybridized carbons (Fsp3) is 0. The summed E-state index contributed by atoms with van der Waals surface area (Å²) in [5.74, 6) is 0.853. The van der Waals surface area contributed by atoms with Gasteiger partial charge < -0.3 is 4.42 Å². The summed E-state index contributed by atoms with van der Waals surface area (Å²) < 4.78 is 10.4. The van der Waals surface area contributed by atoms with Gasteiger partial charge in [-0.1, -0.05) is 60.7 Å². The molecule has 0 spiro atoms. The quantitative estimate of drug-likeness (QED) is 0.482. The van der Waals surface area contributed by atoms with Crippen molar-refractivity contribution in [2.45, 2.75) is 0 Å². The van der Waals surface area contributed by atoms with Gasteiger partial charge in [-0.15, -0.1) is 0 Å². The summed E-state index contributed by atoms with van der Waals surface area (Å²) in [5, 5.41) is 0. The molecular weight excluding hydrogens is 290 g/mol. The molecule has 0 amide bonds. The van der Waals surface area contributed by atoms with Gasteiger partial charge in [-0.3, -0.25) is 0 Å². The monoisotopic (exact) mass is 303 g/mol. The Kier molecular flexibility index (Phi) is 3.33. The zero-order valence-electron chi connectivity index (χ0n) is 11.8. The lowest BCUT2D eigenvalue weighted by atomic mass is 10.0. The molecule has 2 aromatic heterocycles. The Morgan fingerprint density at radius 2 is 1.41 bits per heavy atom. The van der Waals surface area contributed by atoms with E-state index in [1.807, 2.05) is 48.5 Å². The first-order valence-corrected chi connectivity index (χ1v) is 7.85. The Bertz CT molecular complexity index is 807. The number of aromatic nitrogens is 1. The van der Waals surface area contributed by atoms with Gasteiger partial charge in [-0.05, 0) is 29.2 Å². The van der Waals surface area contributed by atoms with Crippen molar-refractivity contribution in [1.82, 2.24) is 4.37 Å². The molecule has 2 heterocycles. The van der Waals surface area contributed by atoms with Crippen LogP contribution in [-0.2, 0) is 0 Å². The van der Waals surface area contributed by atoms with E-state index < -0.39 is 0 Å². The van der Waals surface area contributed by atoms with E-state index in [0.717, 1.165) is 33.0 Å². The van der Waals surface area contributed by atoms with Crippen LogP contribution in [0.15, 0.2) is 83.5 Å². The molecule has 22 heavy (non-hydrogen) atoms. The Morgan fingerprint density at radius 1 is 0.727 bits per heavy atom. The summed E-state index contributed by atoms with van der Waals surface area (Å²) >= 11 is 1.51. The van der Waals surface area contributed by atoms with Gasteiger partial charge in [-0.25, -0.2) is 0 Å². The first-order valence-electron chi connectivity index (χ1n) is 7.08. The van der Waals surface area contributed by atoms with Crippen LogP contribution in [0.4, 0.5) is 0 Å². The van der Waals surface area contributed by atoms with Crippen LogP contribution in [0.2, 0.25) is 0 Å². The van der Waals surface area contributed by atoms with Crippen LogP contribution < -0.4 is 0 Å². The molecule has 106 valence electrons. The van der Waals surface area contributed by atoms with Crippen LogP contribution in [-0.4, -0.2) is 4.37 Å². The molecule has 4 rings (SSSR count). The zero-order valence-corrected chi connectivity index (χ0v) is 12.6. The second-order valence-corrected chi connectivity index (χ2v) is 5.72. The second-order valence-electron chi connectivity index (χ2n) is 4.94. The standard InChI is InChI=1S/C19H13NOS/c1-3-8-14(9-4-1)18-17(16-12-7-13-21-16)19(22-20-18)15-10-5-2-6-11-15/h1-13H. The third-order valence-electron chi connectivity index (χ3n) is 3.54. The van der Waals surface area contributed by atoms with E-state index >= 15 is 0 Å². The highest BCUT2D eigenvalue weighted by Crippen LogP contribution is 2.42.